The van der Waals surface area contributed by atoms with Crippen LogP contribution in [0.4, 0.5) is 0 Å². The third-order valence-electron chi connectivity index (χ3n) is 3.03. The van der Waals surface area contributed by atoms with E-state index in [0.29, 0.717) is 0 Å². The van der Waals surface area contributed by atoms with Crippen LogP contribution in [0.25, 0.3) is 10.9 Å². The molecule has 0 radical (unpaired) electrons. The minimum absolute atomic E-state index is 0.721. The molecule has 0 fully saturated rings. The van der Waals surface area contributed by atoms with Gasteiger partial charge in [0.1, 0.15) is 5.01 Å². The van der Waals surface area contributed by atoms with Gasteiger partial charge in [-0.2, -0.15) is 0 Å². The Kier molecular flexibility index (Phi) is 3.96. The van der Waals surface area contributed by atoms with Crippen molar-refractivity contribution < 1.29 is 0 Å². The lowest BCUT2D eigenvalue weighted by Crippen LogP contribution is -2.17. The van der Waals surface area contributed by atoms with Crippen molar-refractivity contribution in [2.24, 2.45) is 0 Å². The molecule has 0 saturated heterocycles. The van der Waals surface area contributed by atoms with Crippen LogP contribution < -0.4 is 0 Å². The van der Waals surface area contributed by atoms with Crippen molar-refractivity contribution in [3.05, 3.63) is 57.6 Å². The average Bonchev–Trinajstić information content (AvgIpc) is 2.91. The molecule has 2 aromatic heterocycles. The molecule has 0 aliphatic rings. The van der Waals surface area contributed by atoms with Gasteiger partial charge in [-0.05, 0) is 25.2 Å². The van der Waals surface area contributed by atoms with Gasteiger partial charge in [0.2, 0.25) is 0 Å². The number of fused-ring (bicyclic) bond motifs is 1. The molecule has 0 N–H and O–H groups in total. The van der Waals surface area contributed by atoms with E-state index in [1.54, 1.807) is 11.3 Å². The summed E-state index contributed by atoms with van der Waals surface area (Å²) in [6.07, 6.45) is 1.84. The first-order valence-corrected chi connectivity index (χ1v) is 7.58. The van der Waals surface area contributed by atoms with Gasteiger partial charge in [0.05, 0.1) is 17.8 Å². The fourth-order valence-corrected chi connectivity index (χ4v) is 2.98. The van der Waals surface area contributed by atoms with Crippen LogP contribution in [0, 0.1) is 0 Å². The van der Waals surface area contributed by atoms with Gasteiger partial charge in [-0.25, -0.2) is 4.98 Å². The van der Waals surface area contributed by atoms with Crippen molar-refractivity contribution in [2.45, 2.75) is 13.1 Å². The Labute approximate surface area is 126 Å². The third-order valence-corrected chi connectivity index (χ3v) is 4.03. The van der Waals surface area contributed by atoms with Gasteiger partial charge < -0.3 is 0 Å². The van der Waals surface area contributed by atoms with E-state index in [4.69, 9.17) is 11.6 Å². The van der Waals surface area contributed by atoms with Crippen LogP contribution in [0.2, 0.25) is 5.02 Å². The van der Waals surface area contributed by atoms with Crippen molar-refractivity contribution in [3.63, 3.8) is 0 Å². The monoisotopic (exact) mass is 303 g/mol. The van der Waals surface area contributed by atoms with Crippen LogP contribution in [0.1, 0.15) is 10.7 Å². The molecule has 102 valence electrons. The number of halogens is 1. The van der Waals surface area contributed by atoms with Gasteiger partial charge in [0.25, 0.3) is 0 Å². The molecule has 0 amide bonds. The van der Waals surface area contributed by atoms with E-state index in [1.165, 1.54) is 0 Å². The Morgan fingerprint density at radius 3 is 2.85 bits per heavy atom. The number of thiazole rings is 1. The number of aromatic nitrogens is 2. The molecular formula is C15H14ClN3S. The fourth-order valence-electron chi connectivity index (χ4n) is 2.12. The second-order valence-electron chi connectivity index (χ2n) is 4.74. The lowest BCUT2D eigenvalue weighted by Gasteiger charge is -2.14. The summed E-state index contributed by atoms with van der Waals surface area (Å²) in [5.74, 6) is 0. The highest BCUT2D eigenvalue weighted by Gasteiger charge is 2.05. The molecular weight excluding hydrogens is 290 g/mol. The first-order chi connectivity index (χ1) is 9.70. The van der Waals surface area contributed by atoms with Crippen LogP contribution in [0.3, 0.4) is 0 Å². The smallest absolute Gasteiger partial charge is 0.107 e. The predicted molar refractivity (Wildman–Crippen MR) is 84.0 cm³/mol. The Morgan fingerprint density at radius 1 is 1.20 bits per heavy atom. The van der Waals surface area contributed by atoms with Gasteiger partial charge in [-0.3, -0.25) is 9.88 Å². The van der Waals surface area contributed by atoms with Crippen LogP contribution >= 0.6 is 22.9 Å². The van der Waals surface area contributed by atoms with Crippen LogP contribution in [0.5, 0.6) is 0 Å². The third kappa shape index (κ3) is 3.15. The summed E-state index contributed by atoms with van der Waals surface area (Å²) in [4.78, 5) is 11.2. The molecule has 3 aromatic rings. The molecule has 20 heavy (non-hydrogen) atoms. The van der Waals surface area contributed by atoms with E-state index < -0.39 is 0 Å². The molecule has 0 saturated carbocycles. The van der Waals surface area contributed by atoms with Crippen LogP contribution in [-0.2, 0) is 13.1 Å². The normalized spacial score (nSPS) is 11.3. The number of pyridine rings is 1. The highest BCUT2D eigenvalue weighted by molar-refractivity contribution is 7.09. The zero-order valence-corrected chi connectivity index (χ0v) is 12.7. The summed E-state index contributed by atoms with van der Waals surface area (Å²) in [6.45, 7) is 1.63. The molecule has 2 heterocycles. The van der Waals surface area contributed by atoms with Gasteiger partial charge in [0.15, 0.2) is 0 Å². The largest absolute Gasteiger partial charge is 0.294 e. The highest BCUT2D eigenvalue weighted by atomic mass is 35.5. The van der Waals surface area contributed by atoms with Crippen molar-refractivity contribution in [2.75, 3.05) is 7.05 Å². The van der Waals surface area contributed by atoms with Gasteiger partial charge >= 0.3 is 0 Å². The summed E-state index contributed by atoms with van der Waals surface area (Å²) in [5.41, 5.74) is 1.98. The molecule has 0 unspecified atom stereocenters. The van der Waals surface area contributed by atoms with E-state index in [-0.39, 0.29) is 0 Å². The zero-order valence-electron chi connectivity index (χ0n) is 11.1. The molecule has 0 spiro atoms. The summed E-state index contributed by atoms with van der Waals surface area (Å²) >= 11 is 7.69. The Bertz CT molecular complexity index is 712. The van der Waals surface area contributed by atoms with E-state index in [0.717, 1.165) is 39.7 Å². The zero-order chi connectivity index (χ0) is 13.9. The topological polar surface area (TPSA) is 29.0 Å². The van der Waals surface area contributed by atoms with Crippen molar-refractivity contribution in [3.8, 4) is 0 Å². The van der Waals surface area contributed by atoms with Gasteiger partial charge in [0, 0.05) is 28.5 Å². The van der Waals surface area contributed by atoms with Crippen LogP contribution in [-0.4, -0.2) is 21.9 Å². The SMILES string of the molecule is CN(Cc1ccc2ccc(Cl)cc2n1)Cc1nccs1. The fraction of sp³-hybridized carbons (Fsp3) is 0.200. The van der Waals surface area contributed by atoms with E-state index >= 15 is 0 Å². The number of nitrogens with zero attached hydrogens (tertiary/aromatic N) is 3. The van der Waals surface area contributed by atoms with Crippen molar-refractivity contribution in [1.82, 2.24) is 14.9 Å². The molecule has 0 atom stereocenters. The second-order valence-corrected chi connectivity index (χ2v) is 6.15. The number of hydrogen-bond donors (Lipinski definition) is 0. The summed E-state index contributed by atoms with van der Waals surface area (Å²) in [7, 11) is 2.07. The lowest BCUT2D eigenvalue weighted by molar-refractivity contribution is 0.315. The molecule has 0 aliphatic heterocycles. The van der Waals surface area contributed by atoms with Gasteiger partial charge in [-0.1, -0.05) is 23.7 Å². The Balaban J connectivity index is 1.76. The standard InChI is InChI=1S/C15H14ClN3S/c1-19(10-15-17-6-7-20-15)9-13-5-3-11-2-4-12(16)8-14(11)18-13/h2-8H,9-10H2,1H3. The maximum atomic E-state index is 6.01. The highest BCUT2D eigenvalue weighted by Crippen LogP contribution is 2.18. The molecule has 3 rings (SSSR count). The molecule has 0 aliphatic carbocycles. The van der Waals surface area contributed by atoms with Crippen molar-refractivity contribution in [1.29, 1.82) is 0 Å². The first-order valence-electron chi connectivity index (χ1n) is 6.33. The molecule has 5 heteroatoms. The molecule has 0 bridgehead atoms. The maximum Gasteiger partial charge on any atom is 0.107 e. The van der Waals surface area contributed by atoms with E-state index in [2.05, 4.69) is 34.0 Å². The lowest BCUT2D eigenvalue weighted by atomic mass is 10.2. The first kappa shape index (κ1) is 13.5. The summed E-state index contributed by atoms with van der Waals surface area (Å²) in [6, 6.07) is 9.94. The van der Waals surface area contributed by atoms with E-state index in [1.807, 2.05) is 29.8 Å². The minimum atomic E-state index is 0.721. The average molecular weight is 304 g/mol. The predicted octanol–water partition coefficient (Wildman–Crippen LogP) is 3.98. The quantitative estimate of drug-likeness (QED) is 0.730. The Morgan fingerprint density at radius 2 is 2.05 bits per heavy atom. The summed E-state index contributed by atoms with van der Waals surface area (Å²) < 4.78 is 0. The number of hydrogen-bond acceptors (Lipinski definition) is 4. The maximum absolute atomic E-state index is 6.01. The number of benzene rings is 1. The number of rotatable bonds is 4. The summed E-state index contributed by atoms with van der Waals surface area (Å²) in [5, 5.41) is 4.95. The van der Waals surface area contributed by atoms with Crippen molar-refractivity contribution >= 4 is 33.8 Å². The van der Waals surface area contributed by atoms with Crippen LogP contribution in [0.15, 0.2) is 41.9 Å². The van der Waals surface area contributed by atoms with Gasteiger partial charge in [-0.15, -0.1) is 11.3 Å². The second kappa shape index (κ2) is 5.87. The molecule has 3 nitrogen and oxygen atoms in total. The molecule has 1 aromatic carbocycles. The van der Waals surface area contributed by atoms with E-state index in [9.17, 15) is 0 Å². The minimum Gasteiger partial charge on any atom is -0.294 e. The Hall–Kier alpha value is -1.49.